The van der Waals surface area contributed by atoms with Gasteiger partial charge in [-0.25, -0.2) is 0 Å². The van der Waals surface area contributed by atoms with Crippen LogP contribution < -0.4 is 0 Å². The fraction of sp³-hybridized carbons (Fsp3) is 0.917. The number of hydrogen-bond donors (Lipinski definition) is 1. The van der Waals surface area contributed by atoms with Gasteiger partial charge in [-0.05, 0) is 12.3 Å². The highest BCUT2D eigenvalue weighted by Gasteiger charge is 2.60. The number of nitrogens with zero attached hydrogens (tertiary/aromatic N) is 1. The Bertz CT molecular complexity index is 307. The van der Waals surface area contributed by atoms with Crippen LogP contribution in [0.15, 0.2) is 0 Å². The van der Waals surface area contributed by atoms with Gasteiger partial charge in [-0.2, -0.15) is 0 Å². The van der Waals surface area contributed by atoms with Gasteiger partial charge in [0, 0.05) is 25.6 Å². The lowest BCUT2D eigenvalue weighted by Gasteiger charge is -2.59. The molecule has 0 aromatic heterocycles. The maximum Gasteiger partial charge on any atom is 0.164 e. The monoisotopic (exact) mass is 227 g/mol. The van der Waals surface area contributed by atoms with Crippen molar-refractivity contribution >= 4 is 5.78 Å². The van der Waals surface area contributed by atoms with Gasteiger partial charge >= 0.3 is 0 Å². The predicted octanol–water partition coefficient (Wildman–Crippen LogP) is 0.295. The molecule has 0 radical (unpaired) electrons. The molecule has 3 fully saturated rings. The van der Waals surface area contributed by atoms with E-state index < -0.39 is 5.54 Å². The van der Waals surface area contributed by atoms with Crippen molar-refractivity contribution in [2.24, 2.45) is 11.3 Å². The molecule has 4 atom stereocenters. The van der Waals surface area contributed by atoms with Crippen LogP contribution in [-0.2, 0) is 9.53 Å². The first-order valence-electron chi connectivity index (χ1n) is 5.91. The SMILES string of the molecule is COC[C@@]1(CO)C(=O)[C@]2(C)CCN1C[C@H]2C. The Morgan fingerprint density at radius 3 is 2.81 bits per heavy atom. The highest BCUT2D eigenvalue weighted by atomic mass is 16.5. The Morgan fingerprint density at radius 2 is 2.31 bits per heavy atom. The first kappa shape index (κ1) is 12.0. The average Bonchev–Trinajstić information content (AvgIpc) is 2.27. The van der Waals surface area contributed by atoms with E-state index in [1.54, 1.807) is 7.11 Å². The normalized spacial score (nSPS) is 47.4. The van der Waals surface area contributed by atoms with E-state index in [0.29, 0.717) is 12.5 Å². The van der Waals surface area contributed by atoms with E-state index in [0.717, 1.165) is 19.5 Å². The third-order valence-corrected chi connectivity index (χ3v) is 4.67. The van der Waals surface area contributed by atoms with Gasteiger partial charge in [0.15, 0.2) is 5.78 Å². The molecular weight excluding hydrogens is 206 g/mol. The van der Waals surface area contributed by atoms with Gasteiger partial charge in [0.1, 0.15) is 5.54 Å². The van der Waals surface area contributed by atoms with E-state index >= 15 is 0 Å². The van der Waals surface area contributed by atoms with Crippen LogP contribution >= 0.6 is 0 Å². The molecule has 0 spiro atoms. The van der Waals surface area contributed by atoms with E-state index in [2.05, 4.69) is 11.8 Å². The van der Waals surface area contributed by atoms with Crippen molar-refractivity contribution in [2.45, 2.75) is 25.8 Å². The summed E-state index contributed by atoms with van der Waals surface area (Å²) < 4.78 is 5.16. The maximum atomic E-state index is 12.6. The van der Waals surface area contributed by atoms with Crippen LogP contribution in [0.2, 0.25) is 0 Å². The van der Waals surface area contributed by atoms with Crippen molar-refractivity contribution in [3.05, 3.63) is 0 Å². The summed E-state index contributed by atoms with van der Waals surface area (Å²) in [6.45, 7) is 6.09. The second-order valence-corrected chi connectivity index (χ2v) is 5.47. The Morgan fingerprint density at radius 1 is 1.62 bits per heavy atom. The summed E-state index contributed by atoms with van der Waals surface area (Å²) in [5.41, 5.74) is -1.07. The van der Waals surface area contributed by atoms with E-state index in [1.807, 2.05) is 6.92 Å². The van der Waals surface area contributed by atoms with Crippen LogP contribution in [0.4, 0.5) is 0 Å². The molecular formula is C12H21NO3. The molecule has 3 rings (SSSR count). The fourth-order valence-electron chi connectivity index (χ4n) is 3.25. The number of hydrogen-bond acceptors (Lipinski definition) is 4. The zero-order chi connectivity index (χ0) is 12.0. The molecule has 1 N–H and O–H groups in total. The minimum atomic E-state index is -0.783. The first-order chi connectivity index (χ1) is 7.51. The molecule has 3 aliphatic rings. The van der Waals surface area contributed by atoms with Crippen LogP contribution in [0.1, 0.15) is 20.3 Å². The number of methoxy groups -OCH3 is 1. The summed E-state index contributed by atoms with van der Waals surface area (Å²) in [7, 11) is 1.58. The molecule has 3 saturated heterocycles. The van der Waals surface area contributed by atoms with Crippen molar-refractivity contribution in [3.63, 3.8) is 0 Å². The summed E-state index contributed by atoms with van der Waals surface area (Å²) in [4.78, 5) is 14.7. The van der Waals surface area contributed by atoms with E-state index in [1.165, 1.54) is 0 Å². The number of ketones is 1. The largest absolute Gasteiger partial charge is 0.394 e. The van der Waals surface area contributed by atoms with Gasteiger partial charge in [0.05, 0.1) is 13.2 Å². The molecule has 0 aromatic carbocycles. The van der Waals surface area contributed by atoms with Crippen molar-refractivity contribution in [1.82, 2.24) is 4.90 Å². The molecule has 1 unspecified atom stereocenters. The van der Waals surface area contributed by atoms with E-state index in [-0.39, 0.29) is 17.8 Å². The topological polar surface area (TPSA) is 49.8 Å². The number of aliphatic hydroxyl groups excluding tert-OH is 1. The summed E-state index contributed by atoms with van der Waals surface area (Å²) in [6, 6.07) is 0. The van der Waals surface area contributed by atoms with Gasteiger partial charge in [-0.3, -0.25) is 9.69 Å². The number of ether oxygens (including phenoxy) is 1. The first-order valence-corrected chi connectivity index (χ1v) is 5.91. The van der Waals surface area contributed by atoms with Gasteiger partial charge in [0.2, 0.25) is 0 Å². The fourth-order valence-corrected chi connectivity index (χ4v) is 3.25. The Kier molecular flexibility index (Phi) is 2.85. The zero-order valence-electron chi connectivity index (χ0n) is 10.3. The minimum absolute atomic E-state index is 0.137. The van der Waals surface area contributed by atoms with Crippen LogP contribution in [-0.4, -0.2) is 54.7 Å². The molecule has 92 valence electrons. The number of carbonyl (C=O) groups is 1. The predicted molar refractivity (Wildman–Crippen MR) is 60.2 cm³/mol. The quantitative estimate of drug-likeness (QED) is 0.753. The standard InChI is InChI=1S/C12H21NO3/c1-9-6-13-5-4-11(9,2)10(15)12(13,7-14)8-16-3/h9,14H,4-8H2,1-3H3/t9-,11-,12+/m1/s1. The summed E-state index contributed by atoms with van der Waals surface area (Å²) in [5.74, 6) is 0.527. The van der Waals surface area contributed by atoms with Gasteiger partial charge in [-0.15, -0.1) is 0 Å². The third-order valence-electron chi connectivity index (χ3n) is 4.67. The number of fused-ring (bicyclic) bond motifs is 3. The molecule has 4 heteroatoms. The number of aliphatic hydroxyl groups is 1. The van der Waals surface area contributed by atoms with Gasteiger partial charge < -0.3 is 9.84 Å². The second-order valence-electron chi connectivity index (χ2n) is 5.47. The molecule has 16 heavy (non-hydrogen) atoms. The second kappa shape index (κ2) is 3.79. The van der Waals surface area contributed by atoms with Gasteiger partial charge in [-0.1, -0.05) is 13.8 Å². The molecule has 0 aliphatic carbocycles. The Hall–Kier alpha value is -0.450. The molecule has 3 aliphatic heterocycles. The van der Waals surface area contributed by atoms with Crippen LogP contribution in [0, 0.1) is 11.3 Å². The van der Waals surface area contributed by atoms with Crippen molar-refractivity contribution in [1.29, 1.82) is 0 Å². The van der Waals surface area contributed by atoms with Crippen molar-refractivity contribution in [2.75, 3.05) is 33.4 Å². The summed E-state index contributed by atoms with van der Waals surface area (Å²) in [5, 5.41) is 9.62. The van der Waals surface area contributed by atoms with Crippen LogP contribution in [0.5, 0.6) is 0 Å². The molecule has 2 bridgehead atoms. The van der Waals surface area contributed by atoms with E-state index in [4.69, 9.17) is 4.74 Å². The molecule has 0 aromatic rings. The number of piperidine rings is 3. The number of rotatable bonds is 3. The number of carbonyl (C=O) groups excluding carboxylic acids is 1. The lowest BCUT2D eigenvalue weighted by molar-refractivity contribution is -0.177. The lowest BCUT2D eigenvalue weighted by atomic mass is 9.59. The molecule has 0 amide bonds. The highest BCUT2D eigenvalue weighted by molar-refractivity contribution is 5.95. The zero-order valence-corrected chi connectivity index (χ0v) is 10.3. The van der Waals surface area contributed by atoms with Crippen molar-refractivity contribution in [3.8, 4) is 0 Å². The van der Waals surface area contributed by atoms with E-state index in [9.17, 15) is 9.90 Å². The highest BCUT2D eigenvalue weighted by Crippen LogP contribution is 2.48. The average molecular weight is 227 g/mol. The Balaban J connectivity index is 2.39. The molecule has 3 heterocycles. The third kappa shape index (κ3) is 1.30. The Labute approximate surface area is 96.6 Å². The van der Waals surface area contributed by atoms with Gasteiger partial charge in [0.25, 0.3) is 0 Å². The van der Waals surface area contributed by atoms with Crippen LogP contribution in [0.3, 0.4) is 0 Å². The van der Waals surface area contributed by atoms with Crippen molar-refractivity contribution < 1.29 is 14.6 Å². The summed E-state index contributed by atoms with van der Waals surface area (Å²) in [6.07, 6.45) is 0.901. The molecule has 0 saturated carbocycles. The van der Waals surface area contributed by atoms with Crippen LogP contribution in [0.25, 0.3) is 0 Å². The number of Topliss-reactive ketones (excluding diaryl/α,β-unsaturated/α-hetero) is 1. The lowest BCUT2D eigenvalue weighted by Crippen LogP contribution is -2.74. The maximum absolute atomic E-state index is 12.6. The minimum Gasteiger partial charge on any atom is -0.394 e. The summed E-state index contributed by atoms with van der Waals surface area (Å²) >= 11 is 0. The molecule has 4 nitrogen and oxygen atoms in total. The smallest absolute Gasteiger partial charge is 0.164 e.